The van der Waals surface area contributed by atoms with Gasteiger partial charge in [0.2, 0.25) is 11.6 Å². The fraction of sp³-hybridized carbons (Fsp3) is 0.294. The number of anilines is 1. The Morgan fingerprint density at radius 1 is 1.30 bits per heavy atom. The molecule has 3 aromatic rings. The molecule has 2 aromatic heterocycles. The molecule has 0 bridgehead atoms. The molecule has 1 aromatic carbocycles. The quantitative estimate of drug-likeness (QED) is 0.501. The van der Waals surface area contributed by atoms with E-state index in [9.17, 15) is 4.79 Å². The van der Waals surface area contributed by atoms with Gasteiger partial charge in [0.25, 0.3) is 5.91 Å². The predicted molar refractivity (Wildman–Crippen MR) is 99.1 cm³/mol. The normalized spacial score (nSPS) is 11.8. The highest BCUT2D eigenvalue weighted by atomic mass is 16.6. The van der Waals surface area contributed by atoms with Crippen molar-refractivity contribution in [2.24, 2.45) is 11.0 Å². The summed E-state index contributed by atoms with van der Waals surface area (Å²) in [7, 11) is 0. The number of nitrogens with two attached hydrogens (primary N) is 1. The van der Waals surface area contributed by atoms with Gasteiger partial charge in [-0.2, -0.15) is 9.78 Å². The van der Waals surface area contributed by atoms with E-state index in [2.05, 4.69) is 49.6 Å². The molecule has 1 amide bonds. The third kappa shape index (κ3) is 4.00. The van der Waals surface area contributed by atoms with E-state index < -0.39 is 5.91 Å². The standard InChI is InChI=1S/C17H20N8O2/c1-10(2)9-11(3)19-21-17(26)13-14(12-7-5-4-6-8-12)25(24-20-13)16-15(18)22-27-23-16/h4-8,10H,9H2,1-3H3,(H2,18,22)(H,21,26)/b19-11+. The smallest absolute Gasteiger partial charge is 0.294 e. The van der Waals surface area contributed by atoms with Crippen molar-refractivity contribution in [1.29, 1.82) is 0 Å². The Labute approximate surface area is 155 Å². The van der Waals surface area contributed by atoms with Crippen LogP contribution in [0.25, 0.3) is 17.1 Å². The van der Waals surface area contributed by atoms with Gasteiger partial charge in [-0.1, -0.05) is 49.4 Å². The van der Waals surface area contributed by atoms with Gasteiger partial charge in [0, 0.05) is 11.3 Å². The van der Waals surface area contributed by atoms with E-state index in [-0.39, 0.29) is 17.3 Å². The van der Waals surface area contributed by atoms with E-state index in [4.69, 9.17) is 5.73 Å². The second-order valence-electron chi connectivity index (χ2n) is 6.42. The zero-order valence-electron chi connectivity index (χ0n) is 15.2. The van der Waals surface area contributed by atoms with Crippen molar-refractivity contribution in [1.82, 2.24) is 30.7 Å². The van der Waals surface area contributed by atoms with Crippen molar-refractivity contribution < 1.29 is 9.42 Å². The highest BCUT2D eigenvalue weighted by molar-refractivity contribution is 5.99. The lowest BCUT2D eigenvalue weighted by Gasteiger charge is -2.06. The van der Waals surface area contributed by atoms with Crippen LogP contribution in [-0.2, 0) is 0 Å². The van der Waals surface area contributed by atoms with Gasteiger partial charge in [0.05, 0.1) is 0 Å². The number of rotatable bonds is 6. The molecule has 0 aliphatic rings. The fourth-order valence-electron chi connectivity index (χ4n) is 2.61. The Morgan fingerprint density at radius 3 is 2.67 bits per heavy atom. The Hall–Kier alpha value is -3.56. The number of amides is 1. The number of aromatic nitrogens is 5. The number of benzene rings is 1. The van der Waals surface area contributed by atoms with Crippen LogP contribution in [0, 0.1) is 5.92 Å². The Kier molecular flexibility index (Phi) is 5.25. The first-order valence-corrected chi connectivity index (χ1v) is 8.40. The first-order chi connectivity index (χ1) is 13.0. The molecule has 0 atom stereocenters. The van der Waals surface area contributed by atoms with Crippen molar-refractivity contribution in [2.75, 3.05) is 5.73 Å². The van der Waals surface area contributed by atoms with Crippen LogP contribution in [0.5, 0.6) is 0 Å². The minimum atomic E-state index is -0.488. The van der Waals surface area contributed by atoms with E-state index in [0.29, 0.717) is 17.2 Å². The van der Waals surface area contributed by atoms with Crippen LogP contribution in [0.1, 0.15) is 37.7 Å². The second-order valence-corrected chi connectivity index (χ2v) is 6.42. The minimum Gasteiger partial charge on any atom is -0.378 e. The molecule has 3 rings (SSSR count). The summed E-state index contributed by atoms with van der Waals surface area (Å²) in [5, 5.41) is 19.4. The lowest BCUT2D eigenvalue weighted by atomic mass is 10.1. The number of nitrogens with zero attached hydrogens (tertiary/aromatic N) is 6. The molecule has 0 fully saturated rings. The molecular weight excluding hydrogens is 348 g/mol. The monoisotopic (exact) mass is 368 g/mol. The Morgan fingerprint density at radius 2 is 2.04 bits per heavy atom. The average molecular weight is 368 g/mol. The van der Waals surface area contributed by atoms with E-state index in [1.54, 1.807) is 0 Å². The molecule has 0 unspecified atom stereocenters. The molecule has 27 heavy (non-hydrogen) atoms. The number of nitrogens with one attached hydrogen (secondary N) is 1. The van der Waals surface area contributed by atoms with Crippen LogP contribution in [-0.4, -0.2) is 36.9 Å². The molecule has 2 heterocycles. The summed E-state index contributed by atoms with van der Waals surface area (Å²) in [6, 6.07) is 9.18. The van der Waals surface area contributed by atoms with Gasteiger partial charge < -0.3 is 5.73 Å². The van der Waals surface area contributed by atoms with E-state index in [1.807, 2.05) is 37.3 Å². The van der Waals surface area contributed by atoms with E-state index >= 15 is 0 Å². The molecule has 3 N–H and O–H groups in total. The van der Waals surface area contributed by atoms with Crippen molar-refractivity contribution in [2.45, 2.75) is 27.2 Å². The maximum absolute atomic E-state index is 12.7. The van der Waals surface area contributed by atoms with Gasteiger partial charge in [0.15, 0.2) is 5.69 Å². The highest BCUT2D eigenvalue weighted by Crippen LogP contribution is 2.26. The van der Waals surface area contributed by atoms with Crippen LogP contribution < -0.4 is 11.2 Å². The first kappa shape index (κ1) is 18.2. The van der Waals surface area contributed by atoms with Gasteiger partial charge in [-0.3, -0.25) is 4.79 Å². The Bertz CT molecular complexity index is 958. The lowest BCUT2D eigenvalue weighted by molar-refractivity contribution is 0.0950. The van der Waals surface area contributed by atoms with Crippen LogP contribution in [0.15, 0.2) is 40.1 Å². The third-order valence-electron chi connectivity index (χ3n) is 3.68. The largest absolute Gasteiger partial charge is 0.378 e. The number of carbonyl (C=O) groups is 1. The molecule has 0 radical (unpaired) electrons. The van der Waals surface area contributed by atoms with Gasteiger partial charge in [-0.25, -0.2) is 10.1 Å². The van der Waals surface area contributed by atoms with Crippen molar-refractivity contribution in [3.05, 3.63) is 36.0 Å². The Balaban J connectivity index is 2.00. The maximum atomic E-state index is 12.7. The van der Waals surface area contributed by atoms with Crippen LogP contribution >= 0.6 is 0 Å². The topological polar surface area (TPSA) is 137 Å². The summed E-state index contributed by atoms with van der Waals surface area (Å²) in [4.78, 5) is 12.7. The van der Waals surface area contributed by atoms with Crippen LogP contribution in [0.3, 0.4) is 0 Å². The fourth-order valence-corrected chi connectivity index (χ4v) is 2.61. The molecule has 10 nitrogen and oxygen atoms in total. The van der Waals surface area contributed by atoms with Crippen molar-refractivity contribution in [3.63, 3.8) is 0 Å². The zero-order valence-corrected chi connectivity index (χ0v) is 15.2. The van der Waals surface area contributed by atoms with Gasteiger partial charge >= 0.3 is 0 Å². The average Bonchev–Trinajstić information content (AvgIpc) is 3.25. The van der Waals surface area contributed by atoms with Crippen LogP contribution in [0.2, 0.25) is 0 Å². The molecule has 0 saturated heterocycles. The summed E-state index contributed by atoms with van der Waals surface area (Å²) < 4.78 is 5.96. The number of nitrogen functional groups attached to an aromatic ring is 1. The summed E-state index contributed by atoms with van der Waals surface area (Å²) in [6.07, 6.45) is 0.777. The van der Waals surface area contributed by atoms with Crippen molar-refractivity contribution in [3.8, 4) is 17.1 Å². The van der Waals surface area contributed by atoms with E-state index in [1.165, 1.54) is 4.68 Å². The van der Waals surface area contributed by atoms with E-state index in [0.717, 1.165) is 12.1 Å². The number of hydrogen-bond acceptors (Lipinski definition) is 8. The van der Waals surface area contributed by atoms with Crippen molar-refractivity contribution >= 4 is 17.4 Å². The maximum Gasteiger partial charge on any atom is 0.294 e. The minimum absolute atomic E-state index is 0.0369. The first-order valence-electron chi connectivity index (χ1n) is 8.40. The predicted octanol–water partition coefficient (Wildman–Crippen LogP) is 2.05. The number of hydrazone groups is 1. The molecular formula is C17H20N8O2. The lowest BCUT2D eigenvalue weighted by Crippen LogP contribution is -2.21. The third-order valence-corrected chi connectivity index (χ3v) is 3.68. The molecule has 10 heteroatoms. The van der Waals surface area contributed by atoms with Gasteiger partial charge in [-0.05, 0) is 29.6 Å². The molecule has 0 spiro atoms. The highest BCUT2D eigenvalue weighted by Gasteiger charge is 2.25. The zero-order chi connectivity index (χ0) is 19.4. The van der Waals surface area contributed by atoms with Gasteiger partial charge in [-0.15, -0.1) is 5.10 Å². The summed E-state index contributed by atoms with van der Waals surface area (Å²) in [5.74, 6) is 0.141. The number of carbonyl (C=O) groups excluding carboxylic acids is 1. The van der Waals surface area contributed by atoms with Crippen LogP contribution in [0.4, 0.5) is 5.82 Å². The number of hydrogen-bond donors (Lipinski definition) is 2. The summed E-state index contributed by atoms with van der Waals surface area (Å²) in [5.41, 5.74) is 10.3. The summed E-state index contributed by atoms with van der Waals surface area (Å²) >= 11 is 0. The molecule has 0 aliphatic heterocycles. The second kappa shape index (κ2) is 7.77. The molecule has 0 aliphatic carbocycles. The molecule has 0 saturated carbocycles. The molecule has 140 valence electrons. The van der Waals surface area contributed by atoms with Gasteiger partial charge in [0.1, 0.15) is 5.69 Å². The SMILES string of the molecule is C/C(CC(C)C)=N\NC(=O)c1nnn(-c2nonc2N)c1-c1ccccc1. The summed E-state index contributed by atoms with van der Waals surface area (Å²) in [6.45, 7) is 6.02.